The molecule has 5 N–H and O–H groups in total. The molecule has 1 fully saturated rings. The molecule has 1 aliphatic rings. The molecule has 2 unspecified atom stereocenters. The van der Waals surface area contributed by atoms with Gasteiger partial charge in [-0.15, -0.1) is 0 Å². The molecular formula is C34H48N4O5. The largest absolute Gasteiger partial charge is 0.361 e. The molecule has 2 aromatic rings. The normalized spacial score (nSPS) is 18.8. The molecule has 9 nitrogen and oxygen atoms in total. The number of carbonyl (C=O) groups is 4. The first kappa shape index (κ1) is 33.9. The Balaban J connectivity index is 1.74. The van der Waals surface area contributed by atoms with Crippen LogP contribution >= 0.6 is 0 Å². The third-order valence-electron chi connectivity index (χ3n) is 7.62. The van der Waals surface area contributed by atoms with Crippen molar-refractivity contribution in [3.63, 3.8) is 0 Å². The molecule has 1 aliphatic heterocycles. The molecule has 0 saturated carbocycles. The first-order chi connectivity index (χ1) is 20.4. The van der Waals surface area contributed by atoms with Gasteiger partial charge in [-0.25, -0.2) is 0 Å². The molecule has 0 spiro atoms. The van der Waals surface area contributed by atoms with Crippen LogP contribution in [0.1, 0.15) is 65.0 Å². The topological polar surface area (TPSA) is 143 Å². The van der Waals surface area contributed by atoms with Crippen molar-refractivity contribution in [1.29, 1.82) is 0 Å². The lowest BCUT2D eigenvalue weighted by Gasteiger charge is -2.27. The Bertz CT molecular complexity index is 1210. The van der Waals surface area contributed by atoms with Gasteiger partial charge in [-0.05, 0) is 55.6 Å². The number of Topliss-reactive ketones (excluding diaryl/α,β-unsaturated/α-hetero) is 1. The van der Waals surface area contributed by atoms with Gasteiger partial charge in [0.2, 0.25) is 17.7 Å². The molecule has 3 amide bonds. The number of aryl methyl sites for hydroxylation is 1. The average molecular weight is 593 g/mol. The standard InChI is InChI=1S/C34H48N4O5/c1-22(2)18-27(30(39)34(5)21-43-34)36-33(42)29(20-25-14-10-7-11-15-25)38-32(41)28(19-23(3)4)37-31(40)26(35)17-16-24-12-8-6-9-13-24/h6-15,22-23,26-29H,16-21,35H2,1-5H3,(H,36,42)(H,37,40)(H,38,41)/t26?,27-,28+,29+,34?/m1/s1. The summed E-state index contributed by atoms with van der Waals surface area (Å²) in [6, 6.07) is 15.7. The van der Waals surface area contributed by atoms with Gasteiger partial charge in [-0.2, -0.15) is 0 Å². The number of rotatable bonds is 17. The zero-order valence-corrected chi connectivity index (χ0v) is 26.1. The summed E-state index contributed by atoms with van der Waals surface area (Å²) in [5.74, 6) is -1.29. The molecule has 5 atom stereocenters. The molecule has 9 heteroatoms. The summed E-state index contributed by atoms with van der Waals surface area (Å²) >= 11 is 0. The van der Waals surface area contributed by atoms with E-state index in [1.165, 1.54) is 0 Å². The molecule has 43 heavy (non-hydrogen) atoms. The van der Waals surface area contributed by atoms with Crippen molar-refractivity contribution in [2.75, 3.05) is 6.61 Å². The van der Waals surface area contributed by atoms with Crippen molar-refractivity contribution in [1.82, 2.24) is 16.0 Å². The minimum absolute atomic E-state index is 0.0883. The van der Waals surface area contributed by atoms with Crippen molar-refractivity contribution in [2.24, 2.45) is 17.6 Å². The van der Waals surface area contributed by atoms with Gasteiger partial charge in [0.25, 0.3) is 0 Å². The van der Waals surface area contributed by atoms with Crippen molar-refractivity contribution in [3.8, 4) is 0 Å². The molecule has 2 aromatic carbocycles. The molecule has 1 saturated heterocycles. The third kappa shape index (κ3) is 10.9. The lowest BCUT2D eigenvalue weighted by atomic mass is 9.93. The Labute approximate surface area is 255 Å². The minimum atomic E-state index is -0.969. The lowest BCUT2D eigenvalue weighted by Crippen LogP contribution is -2.58. The van der Waals surface area contributed by atoms with E-state index in [1.807, 2.05) is 88.4 Å². The first-order valence-corrected chi connectivity index (χ1v) is 15.3. The molecule has 0 aliphatic carbocycles. The van der Waals surface area contributed by atoms with Crippen LogP contribution in [-0.2, 0) is 36.8 Å². The van der Waals surface area contributed by atoms with E-state index in [0.717, 1.165) is 11.1 Å². The molecule has 234 valence electrons. The fourth-order valence-electron chi connectivity index (χ4n) is 5.01. The fraction of sp³-hybridized carbons (Fsp3) is 0.529. The Morgan fingerprint density at radius 2 is 1.21 bits per heavy atom. The Hall–Kier alpha value is -3.56. The van der Waals surface area contributed by atoms with Crippen LogP contribution in [0.25, 0.3) is 0 Å². The molecule has 3 rings (SSSR count). The highest BCUT2D eigenvalue weighted by atomic mass is 16.6. The number of ether oxygens (including phenoxy) is 1. The van der Waals surface area contributed by atoms with Gasteiger partial charge in [0, 0.05) is 6.42 Å². The fourth-order valence-corrected chi connectivity index (χ4v) is 5.01. The van der Waals surface area contributed by atoms with E-state index in [2.05, 4.69) is 16.0 Å². The number of nitrogens with one attached hydrogen (secondary N) is 3. The van der Waals surface area contributed by atoms with Crippen LogP contribution in [0.2, 0.25) is 0 Å². The number of hydrogen-bond acceptors (Lipinski definition) is 6. The van der Waals surface area contributed by atoms with E-state index < -0.39 is 47.5 Å². The summed E-state index contributed by atoms with van der Waals surface area (Å²) in [5, 5.41) is 8.60. The summed E-state index contributed by atoms with van der Waals surface area (Å²) < 4.78 is 5.37. The number of epoxide rings is 1. The quantitative estimate of drug-likeness (QED) is 0.208. The van der Waals surface area contributed by atoms with Gasteiger partial charge >= 0.3 is 0 Å². The van der Waals surface area contributed by atoms with Gasteiger partial charge in [-0.1, -0.05) is 88.4 Å². The van der Waals surface area contributed by atoms with Crippen LogP contribution in [0.4, 0.5) is 0 Å². The van der Waals surface area contributed by atoms with Gasteiger partial charge in [0.05, 0.1) is 18.7 Å². The molecule has 1 heterocycles. The number of benzene rings is 2. The Morgan fingerprint density at radius 1 is 0.744 bits per heavy atom. The highest BCUT2D eigenvalue weighted by Crippen LogP contribution is 2.29. The van der Waals surface area contributed by atoms with E-state index in [4.69, 9.17) is 10.5 Å². The Morgan fingerprint density at radius 3 is 1.74 bits per heavy atom. The average Bonchev–Trinajstić information content (AvgIpc) is 3.73. The van der Waals surface area contributed by atoms with Gasteiger partial charge in [0.15, 0.2) is 5.78 Å². The lowest BCUT2D eigenvalue weighted by molar-refractivity contribution is -0.134. The summed E-state index contributed by atoms with van der Waals surface area (Å²) in [6.07, 6.45) is 2.10. The van der Waals surface area contributed by atoms with Crippen LogP contribution < -0.4 is 21.7 Å². The molecule has 0 bridgehead atoms. The van der Waals surface area contributed by atoms with E-state index in [-0.39, 0.29) is 24.0 Å². The van der Waals surface area contributed by atoms with Crippen LogP contribution in [0, 0.1) is 11.8 Å². The summed E-state index contributed by atoms with van der Waals surface area (Å²) in [4.78, 5) is 53.6. The van der Waals surface area contributed by atoms with Crippen LogP contribution in [0.3, 0.4) is 0 Å². The monoisotopic (exact) mass is 592 g/mol. The number of ketones is 1. The van der Waals surface area contributed by atoms with Crippen molar-refractivity contribution >= 4 is 23.5 Å². The number of carbonyl (C=O) groups excluding carboxylic acids is 4. The Kier molecular flexibility index (Phi) is 12.5. The maximum absolute atomic E-state index is 13.7. The second-order valence-electron chi connectivity index (χ2n) is 12.6. The van der Waals surface area contributed by atoms with Gasteiger partial charge in [-0.3, -0.25) is 19.2 Å². The molecular weight excluding hydrogens is 544 g/mol. The van der Waals surface area contributed by atoms with Crippen LogP contribution in [-0.4, -0.2) is 59.9 Å². The zero-order valence-electron chi connectivity index (χ0n) is 26.1. The molecule has 0 radical (unpaired) electrons. The zero-order chi connectivity index (χ0) is 31.6. The second-order valence-corrected chi connectivity index (χ2v) is 12.6. The van der Waals surface area contributed by atoms with Crippen molar-refractivity contribution in [3.05, 3.63) is 71.8 Å². The first-order valence-electron chi connectivity index (χ1n) is 15.3. The van der Waals surface area contributed by atoms with Gasteiger partial charge < -0.3 is 26.4 Å². The SMILES string of the molecule is CC(C)C[C@H](NC(=O)C(N)CCc1ccccc1)C(=O)N[C@@H](Cc1ccccc1)C(=O)N[C@H](CC(C)C)C(=O)C1(C)CO1. The number of hydrogen-bond donors (Lipinski definition) is 4. The third-order valence-corrected chi connectivity index (χ3v) is 7.62. The predicted octanol–water partition coefficient (Wildman–Crippen LogP) is 3.09. The van der Waals surface area contributed by atoms with Crippen LogP contribution in [0.15, 0.2) is 60.7 Å². The summed E-state index contributed by atoms with van der Waals surface area (Å²) in [5.41, 5.74) is 7.24. The highest BCUT2D eigenvalue weighted by Gasteiger charge is 2.50. The second kappa shape index (κ2) is 15.8. The molecule has 0 aromatic heterocycles. The predicted molar refractivity (Wildman–Crippen MR) is 167 cm³/mol. The maximum atomic E-state index is 13.7. The van der Waals surface area contributed by atoms with E-state index in [1.54, 1.807) is 6.92 Å². The van der Waals surface area contributed by atoms with Gasteiger partial charge in [0.1, 0.15) is 17.7 Å². The minimum Gasteiger partial charge on any atom is -0.361 e. The van der Waals surface area contributed by atoms with E-state index in [0.29, 0.717) is 32.3 Å². The highest BCUT2D eigenvalue weighted by molar-refractivity contribution is 5.98. The van der Waals surface area contributed by atoms with Crippen molar-refractivity contribution in [2.45, 2.75) is 96.5 Å². The number of nitrogens with two attached hydrogens (primary N) is 1. The van der Waals surface area contributed by atoms with E-state index in [9.17, 15) is 19.2 Å². The summed E-state index contributed by atoms with van der Waals surface area (Å²) in [7, 11) is 0. The summed E-state index contributed by atoms with van der Waals surface area (Å²) in [6.45, 7) is 9.93. The van der Waals surface area contributed by atoms with Crippen molar-refractivity contribution < 1.29 is 23.9 Å². The number of amides is 3. The van der Waals surface area contributed by atoms with Crippen LogP contribution in [0.5, 0.6) is 0 Å². The smallest absolute Gasteiger partial charge is 0.243 e. The van der Waals surface area contributed by atoms with E-state index >= 15 is 0 Å². The maximum Gasteiger partial charge on any atom is 0.243 e.